The predicted octanol–water partition coefficient (Wildman–Crippen LogP) is 9.33. The summed E-state index contributed by atoms with van der Waals surface area (Å²) in [6.45, 7) is 12.0. The normalized spacial score (nSPS) is 20.6. The molecule has 0 unspecified atom stereocenters. The maximum absolute atomic E-state index is 14.9. The molecule has 1 fully saturated rings. The molecule has 0 bridgehead atoms. The Morgan fingerprint density at radius 3 is 1.76 bits per heavy atom. The van der Waals surface area contributed by atoms with Crippen LogP contribution in [0, 0.1) is 25.2 Å². The first-order valence-electron chi connectivity index (χ1n) is 21.9. The van der Waals surface area contributed by atoms with E-state index in [-0.39, 0.29) is 35.0 Å². The van der Waals surface area contributed by atoms with Crippen molar-refractivity contribution in [1.82, 2.24) is 10.0 Å². The minimum Gasteiger partial charge on any atom is -0.343 e. The van der Waals surface area contributed by atoms with Crippen LogP contribution in [0.3, 0.4) is 0 Å². The third kappa shape index (κ3) is 9.42. The summed E-state index contributed by atoms with van der Waals surface area (Å²) in [6.07, 6.45) is 4.07. The van der Waals surface area contributed by atoms with E-state index in [1.807, 2.05) is 150 Å². The van der Waals surface area contributed by atoms with Crippen LogP contribution in [0.4, 0.5) is 11.4 Å². The van der Waals surface area contributed by atoms with E-state index in [2.05, 4.69) is 27.6 Å². The summed E-state index contributed by atoms with van der Waals surface area (Å²) in [5, 5.41) is 9.27. The van der Waals surface area contributed by atoms with Gasteiger partial charge in [0.2, 0.25) is 27.7 Å². The number of sulfonamides is 1. The standard InChI is InChI=1S/C52H60N4O5S/c1-34(2)40-32-39-26-27-47-51(5,28-17-29-52(47,6)50(59)55-44(30-37-20-9-7-10-21-37)48(57)53-42-24-15-13-18-35(42)3)41(39)33-46(40)62(60,61)56-45(31-38-22-11-8-12-23-38)49(58)54-43-25-16-14-19-36(43)4/h7-16,18-25,32-34,44-45,47,56H,17,26-31H2,1-6H3,(H,53,57)(H,54,58)(H,55,59)/t44-,45-,47+,51+,52+/m0/s1. The van der Waals surface area contributed by atoms with E-state index in [1.54, 1.807) is 6.07 Å². The van der Waals surface area contributed by atoms with Crippen molar-refractivity contribution in [2.75, 3.05) is 10.6 Å². The van der Waals surface area contributed by atoms with Crippen molar-refractivity contribution in [3.8, 4) is 0 Å². The Labute approximate surface area is 367 Å². The van der Waals surface area contributed by atoms with Crippen molar-refractivity contribution < 1.29 is 22.8 Å². The fourth-order valence-electron chi connectivity index (χ4n) is 10.0. The lowest BCUT2D eigenvalue weighted by atomic mass is 9.49. The number of rotatable bonds is 14. The molecule has 0 heterocycles. The number of hydrogen-bond acceptors (Lipinski definition) is 5. The molecule has 5 atom stereocenters. The Morgan fingerprint density at radius 2 is 1.21 bits per heavy atom. The third-order valence-electron chi connectivity index (χ3n) is 13.5. The zero-order valence-corrected chi connectivity index (χ0v) is 37.6. The molecule has 3 amide bonds. The molecule has 0 saturated heterocycles. The van der Waals surface area contributed by atoms with Gasteiger partial charge in [0.1, 0.15) is 12.1 Å². The molecular weight excluding hydrogens is 793 g/mol. The molecule has 0 radical (unpaired) electrons. The molecule has 2 aliphatic carbocycles. The molecule has 5 aromatic carbocycles. The van der Waals surface area contributed by atoms with Gasteiger partial charge in [-0.2, -0.15) is 4.72 Å². The molecular formula is C52H60N4O5S. The molecule has 0 aromatic heterocycles. The summed E-state index contributed by atoms with van der Waals surface area (Å²) in [5.41, 5.74) is 6.20. The van der Waals surface area contributed by atoms with Crippen LogP contribution in [0.1, 0.15) is 98.2 Å². The number of anilines is 2. The lowest BCUT2D eigenvalue weighted by molar-refractivity contribution is -0.141. The van der Waals surface area contributed by atoms with Crippen LogP contribution in [-0.2, 0) is 49.1 Å². The smallest absolute Gasteiger partial charge is 0.247 e. The number of carbonyl (C=O) groups excluding carboxylic acids is 3. The van der Waals surface area contributed by atoms with Crippen LogP contribution >= 0.6 is 0 Å². The summed E-state index contributed by atoms with van der Waals surface area (Å²) in [5.74, 6) is -1.16. The fourth-order valence-corrected chi connectivity index (χ4v) is 11.6. The van der Waals surface area contributed by atoms with Crippen molar-refractivity contribution in [3.63, 3.8) is 0 Å². The highest BCUT2D eigenvalue weighted by molar-refractivity contribution is 7.89. The molecule has 1 saturated carbocycles. The lowest BCUT2D eigenvalue weighted by Gasteiger charge is -2.55. The third-order valence-corrected chi connectivity index (χ3v) is 15.0. The molecule has 5 aromatic rings. The van der Waals surface area contributed by atoms with Crippen LogP contribution in [-0.4, -0.2) is 38.2 Å². The molecule has 2 aliphatic rings. The Hall–Kier alpha value is -5.58. The summed E-state index contributed by atoms with van der Waals surface area (Å²) < 4.78 is 32.6. The van der Waals surface area contributed by atoms with Gasteiger partial charge in [-0.25, -0.2) is 8.42 Å². The van der Waals surface area contributed by atoms with Crippen LogP contribution in [0.2, 0.25) is 0 Å². The van der Waals surface area contributed by atoms with Gasteiger partial charge in [0, 0.05) is 17.8 Å². The van der Waals surface area contributed by atoms with Crippen molar-refractivity contribution in [2.24, 2.45) is 11.3 Å². The van der Waals surface area contributed by atoms with Crippen LogP contribution in [0.25, 0.3) is 0 Å². The van der Waals surface area contributed by atoms with Gasteiger partial charge in [0.05, 0.1) is 10.3 Å². The number of hydrogen-bond donors (Lipinski definition) is 4. The van der Waals surface area contributed by atoms with Gasteiger partial charge in [-0.3, -0.25) is 14.4 Å². The molecule has 0 spiro atoms. The first kappa shape index (κ1) is 44.5. The maximum Gasteiger partial charge on any atom is 0.247 e. The summed E-state index contributed by atoms with van der Waals surface area (Å²) >= 11 is 0. The maximum atomic E-state index is 14.9. The van der Waals surface area contributed by atoms with E-state index in [1.165, 1.54) is 0 Å². The summed E-state index contributed by atoms with van der Waals surface area (Å²) in [7, 11) is -4.26. The van der Waals surface area contributed by atoms with Gasteiger partial charge in [-0.05, 0) is 120 Å². The highest BCUT2D eigenvalue weighted by Crippen LogP contribution is 2.58. The number of para-hydroxylation sites is 2. The van der Waals surface area contributed by atoms with Crippen LogP contribution in [0.5, 0.6) is 0 Å². The highest BCUT2D eigenvalue weighted by Gasteiger charge is 2.55. The highest BCUT2D eigenvalue weighted by atomic mass is 32.2. The number of fused-ring (bicyclic) bond motifs is 3. The van der Waals surface area contributed by atoms with Gasteiger partial charge in [0.25, 0.3) is 0 Å². The number of amides is 3. The van der Waals surface area contributed by atoms with Crippen molar-refractivity contribution in [1.29, 1.82) is 0 Å². The number of benzene rings is 5. The van der Waals surface area contributed by atoms with E-state index < -0.39 is 38.8 Å². The molecule has 7 rings (SSSR count). The van der Waals surface area contributed by atoms with Crippen molar-refractivity contribution in [2.45, 2.75) is 115 Å². The van der Waals surface area contributed by atoms with E-state index in [9.17, 15) is 22.8 Å². The minimum atomic E-state index is -4.26. The molecule has 10 heteroatoms. The second-order valence-electron chi connectivity index (χ2n) is 18.2. The SMILES string of the molecule is Cc1ccccc1NC(=O)[C@H](Cc1ccccc1)NC(=O)[C@]1(C)CCC[C@]2(C)c3cc(S(=O)(=O)N[C@@H](Cc4ccccc4)C(=O)Nc4ccccc4C)c(C(C)C)cc3CC[C@@H]12. The van der Waals surface area contributed by atoms with Gasteiger partial charge >= 0.3 is 0 Å². The Kier molecular flexibility index (Phi) is 13.2. The number of nitrogens with one attached hydrogen (secondary N) is 4. The van der Waals surface area contributed by atoms with E-state index in [0.29, 0.717) is 36.2 Å². The number of carbonyl (C=O) groups is 3. The van der Waals surface area contributed by atoms with E-state index in [4.69, 9.17) is 0 Å². The van der Waals surface area contributed by atoms with Gasteiger partial charge < -0.3 is 16.0 Å². The molecule has 9 nitrogen and oxygen atoms in total. The topological polar surface area (TPSA) is 133 Å². The Bertz CT molecular complexity index is 2540. The first-order valence-corrected chi connectivity index (χ1v) is 23.4. The van der Waals surface area contributed by atoms with Crippen molar-refractivity contribution in [3.05, 3.63) is 160 Å². The fraction of sp³-hybridized carbons (Fsp3) is 0.365. The van der Waals surface area contributed by atoms with Crippen molar-refractivity contribution >= 4 is 39.1 Å². The summed E-state index contributed by atoms with van der Waals surface area (Å²) in [4.78, 5) is 43.1. The Morgan fingerprint density at radius 1 is 0.694 bits per heavy atom. The summed E-state index contributed by atoms with van der Waals surface area (Å²) in [6, 6.07) is 36.1. The quantitative estimate of drug-likeness (QED) is 0.0884. The second-order valence-corrected chi connectivity index (χ2v) is 19.9. The molecule has 4 N–H and O–H groups in total. The van der Waals surface area contributed by atoms with E-state index >= 15 is 0 Å². The van der Waals surface area contributed by atoms with Gasteiger partial charge in [0.15, 0.2) is 0 Å². The molecule has 324 valence electrons. The number of aryl methyl sites for hydroxylation is 3. The van der Waals surface area contributed by atoms with E-state index in [0.717, 1.165) is 52.6 Å². The largest absolute Gasteiger partial charge is 0.343 e. The first-order chi connectivity index (χ1) is 29.6. The zero-order chi connectivity index (χ0) is 44.2. The lowest BCUT2D eigenvalue weighted by Crippen LogP contribution is -2.58. The van der Waals surface area contributed by atoms with Crippen LogP contribution < -0.4 is 20.7 Å². The van der Waals surface area contributed by atoms with Gasteiger partial charge in [-0.15, -0.1) is 0 Å². The minimum absolute atomic E-state index is 0.124. The monoisotopic (exact) mass is 852 g/mol. The molecule has 62 heavy (non-hydrogen) atoms. The average molecular weight is 853 g/mol. The Balaban J connectivity index is 1.20. The second kappa shape index (κ2) is 18.4. The van der Waals surface area contributed by atoms with Crippen LogP contribution in [0.15, 0.2) is 126 Å². The predicted molar refractivity (Wildman–Crippen MR) is 248 cm³/mol. The average Bonchev–Trinajstić information content (AvgIpc) is 3.25. The zero-order valence-electron chi connectivity index (χ0n) is 36.8. The van der Waals surface area contributed by atoms with Gasteiger partial charge in [-0.1, -0.05) is 137 Å². The molecule has 0 aliphatic heterocycles.